The van der Waals surface area contributed by atoms with Gasteiger partial charge in [0.05, 0.1) is 6.54 Å². The molecule has 0 spiro atoms. The molecule has 2 fully saturated rings. The van der Waals surface area contributed by atoms with Crippen molar-refractivity contribution in [3.63, 3.8) is 0 Å². The first kappa shape index (κ1) is 19.0. The van der Waals surface area contributed by atoms with Crippen molar-refractivity contribution in [1.29, 1.82) is 0 Å². The van der Waals surface area contributed by atoms with E-state index in [0.29, 0.717) is 13.2 Å². The van der Waals surface area contributed by atoms with Crippen LogP contribution in [0, 0.1) is 0 Å². The zero-order valence-electron chi connectivity index (χ0n) is 15.9. The molecule has 26 heavy (non-hydrogen) atoms. The van der Waals surface area contributed by atoms with E-state index in [4.69, 9.17) is 9.47 Å². The van der Waals surface area contributed by atoms with Crippen molar-refractivity contribution in [2.75, 3.05) is 53.0 Å². The van der Waals surface area contributed by atoms with Gasteiger partial charge in [0.15, 0.2) is 5.96 Å². The Kier molecular flexibility index (Phi) is 7.14. The number of likely N-dealkylation sites (tertiary alicyclic amines) is 1. The van der Waals surface area contributed by atoms with Crippen molar-refractivity contribution in [3.8, 4) is 5.75 Å². The fraction of sp³-hybridized carbons (Fsp3) is 0.650. The summed E-state index contributed by atoms with van der Waals surface area (Å²) in [5.74, 6) is 1.74. The number of aliphatic imine (C=N–C) groups is 1. The highest BCUT2D eigenvalue weighted by Gasteiger charge is 2.39. The summed E-state index contributed by atoms with van der Waals surface area (Å²) in [5.41, 5.74) is 0.201. The van der Waals surface area contributed by atoms with Gasteiger partial charge in [-0.25, -0.2) is 0 Å². The predicted molar refractivity (Wildman–Crippen MR) is 105 cm³/mol. The van der Waals surface area contributed by atoms with E-state index in [-0.39, 0.29) is 5.54 Å². The van der Waals surface area contributed by atoms with E-state index < -0.39 is 0 Å². The number of ether oxygens (including phenoxy) is 2. The summed E-state index contributed by atoms with van der Waals surface area (Å²) in [4.78, 5) is 7.02. The van der Waals surface area contributed by atoms with Gasteiger partial charge in [0.1, 0.15) is 12.4 Å². The maximum Gasteiger partial charge on any atom is 0.191 e. The van der Waals surface area contributed by atoms with Crippen molar-refractivity contribution in [2.24, 2.45) is 4.99 Å². The van der Waals surface area contributed by atoms with Gasteiger partial charge in [0, 0.05) is 32.3 Å². The molecule has 3 rings (SSSR count). The van der Waals surface area contributed by atoms with Crippen molar-refractivity contribution in [1.82, 2.24) is 15.5 Å². The molecule has 0 saturated carbocycles. The molecule has 1 aromatic rings. The molecule has 2 aliphatic rings. The van der Waals surface area contributed by atoms with Gasteiger partial charge in [-0.1, -0.05) is 18.2 Å². The maximum atomic E-state index is 5.73. The van der Waals surface area contributed by atoms with Crippen LogP contribution >= 0.6 is 0 Å². The monoisotopic (exact) mass is 360 g/mol. The smallest absolute Gasteiger partial charge is 0.191 e. The molecule has 2 N–H and O–H groups in total. The predicted octanol–water partition coefficient (Wildman–Crippen LogP) is 1.88. The van der Waals surface area contributed by atoms with E-state index in [0.717, 1.165) is 44.3 Å². The van der Waals surface area contributed by atoms with Crippen LogP contribution < -0.4 is 15.4 Å². The Hall–Kier alpha value is -1.79. The summed E-state index contributed by atoms with van der Waals surface area (Å²) in [6, 6.07) is 9.89. The minimum atomic E-state index is 0.201. The first-order chi connectivity index (χ1) is 12.8. The lowest BCUT2D eigenvalue weighted by Crippen LogP contribution is -2.58. The number of rotatable bonds is 7. The third-order valence-electron chi connectivity index (χ3n) is 5.42. The SMILES string of the molecule is CN=C(NCCOc1ccccc1)NCC1(N2CCCC2)CCOCC1. The van der Waals surface area contributed by atoms with Gasteiger partial charge in [-0.3, -0.25) is 9.89 Å². The molecular formula is C20H32N4O2. The zero-order chi connectivity index (χ0) is 18.1. The fourth-order valence-corrected chi connectivity index (χ4v) is 3.87. The topological polar surface area (TPSA) is 58.1 Å². The molecule has 1 aromatic carbocycles. The summed E-state index contributed by atoms with van der Waals surface area (Å²) in [5, 5.41) is 6.89. The Morgan fingerprint density at radius 2 is 1.88 bits per heavy atom. The van der Waals surface area contributed by atoms with Crippen LogP contribution in [0.15, 0.2) is 35.3 Å². The maximum absolute atomic E-state index is 5.73. The average molecular weight is 361 g/mol. The standard InChI is InChI=1S/C20H32N4O2/c1-21-19(22-11-16-26-18-7-3-2-4-8-18)23-17-20(9-14-25-15-10-20)24-12-5-6-13-24/h2-4,7-8H,5-6,9-17H2,1H3,(H2,21,22,23). The highest BCUT2D eigenvalue weighted by Crippen LogP contribution is 2.30. The molecule has 2 saturated heterocycles. The Bertz CT molecular complexity index is 552. The molecule has 0 bridgehead atoms. The molecule has 0 amide bonds. The Balaban J connectivity index is 1.44. The van der Waals surface area contributed by atoms with E-state index >= 15 is 0 Å². The third-order valence-corrected chi connectivity index (χ3v) is 5.42. The largest absolute Gasteiger partial charge is 0.492 e. The molecular weight excluding hydrogens is 328 g/mol. The normalized spacial score (nSPS) is 20.7. The third kappa shape index (κ3) is 5.11. The highest BCUT2D eigenvalue weighted by molar-refractivity contribution is 5.79. The molecule has 6 heteroatoms. The van der Waals surface area contributed by atoms with Gasteiger partial charge in [-0.15, -0.1) is 0 Å². The number of guanidine groups is 1. The van der Waals surface area contributed by atoms with Crippen LogP contribution in [0.5, 0.6) is 5.75 Å². The Labute approximate surface area is 157 Å². The summed E-state index contributed by atoms with van der Waals surface area (Å²) < 4.78 is 11.3. The van der Waals surface area contributed by atoms with Crippen molar-refractivity contribution in [2.45, 2.75) is 31.2 Å². The van der Waals surface area contributed by atoms with Gasteiger partial charge in [-0.05, 0) is 50.9 Å². The van der Waals surface area contributed by atoms with Gasteiger partial charge >= 0.3 is 0 Å². The summed E-state index contributed by atoms with van der Waals surface area (Å²) in [6.07, 6.45) is 4.81. The van der Waals surface area contributed by atoms with Gasteiger partial charge in [-0.2, -0.15) is 0 Å². The first-order valence-electron chi connectivity index (χ1n) is 9.78. The van der Waals surface area contributed by atoms with Gasteiger partial charge in [0.25, 0.3) is 0 Å². The molecule has 144 valence electrons. The van der Waals surface area contributed by atoms with Gasteiger partial charge in [0.2, 0.25) is 0 Å². The van der Waals surface area contributed by atoms with E-state index in [1.165, 1.54) is 25.9 Å². The molecule has 0 aliphatic carbocycles. The van der Waals surface area contributed by atoms with E-state index in [9.17, 15) is 0 Å². The van der Waals surface area contributed by atoms with Crippen LogP contribution in [0.4, 0.5) is 0 Å². The van der Waals surface area contributed by atoms with Crippen LogP contribution in [-0.2, 0) is 4.74 Å². The molecule has 2 aliphatic heterocycles. The summed E-state index contributed by atoms with van der Waals surface area (Å²) >= 11 is 0. The molecule has 2 heterocycles. The van der Waals surface area contributed by atoms with E-state index in [1.54, 1.807) is 0 Å². The van der Waals surface area contributed by atoms with Crippen LogP contribution in [0.25, 0.3) is 0 Å². The molecule has 0 radical (unpaired) electrons. The van der Waals surface area contributed by atoms with Gasteiger partial charge < -0.3 is 20.1 Å². The zero-order valence-corrected chi connectivity index (χ0v) is 15.9. The van der Waals surface area contributed by atoms with Crippen LogP contribution in [0.2, 0.25) is 0 Å². The lowest BCUT2D eigenvalue weighted by Gasteiger charge is -2.45. The number of nitrogens with one attached hydrogen (secondary N) is 2. The molecule has 6 nitrogen and oxygen atoms in total. The first-order valence-corrected chi connectivity index (χ1v) is 9.78. The van der Waals surface area contributed by atoms with Crippen LogP contribution in [0.1, 0.15) is 25.7 Å². The number of benzene rings is 1. The number of para-hydroxylation sites is 1. The fourth-order valence-electron chi connectivity index (χ4n) is 3.87. The Morgan fingerprint density at radius 1 is 1.15 bits per heavy atom. The van der Waals surface area contributed by atoms with Crippen molar-refractivity contribution in [3.05, 3.63) is 30.3 Å². The number of hydrogen-bond donors (Lipinski definition) is 2. The van der Waals surface area contributed by atoms with Crippen LogP contribution in [-0.4, -0.2) is 69.4 Å². The lowest BCUT2D eigenvalue weighted by atomic mass is 9.88. The summed E-state index contributed by atoms with van der Waals surface area (Å²) in [7, 11) is 1.82. The Morgan fingerprint density at radius 3 is 2.58 bits per heavy atom. The van der Waals surface area contributed by atoms with Crippen molar-refractivity contribution < 1.29 is 9.47 Å². The van der Waals surface area contributed by atoms with Crippen molar-refractivity contribution >= 4 is 5.96 Å². The minimum absolute atomic E-state index is 0.201. The highest BCUT2D eigenvalue weighted by atomic mass is 16.5. The second-order valence-corrected chi connectivity index (χ2v) is 7.04. The van der Waals surface area contributed by atoms with E-state index in [2.05, 4.69) is 20.5 Å². The minimum Gasteiger partial charge on any atom is -0.492 e. The molecule has 0 unspecified atom stereocenters. The van der Waals surface area contributed by atoms with Crippen LogP contribution in [0.3, 0.4) is 0 Å². The average Bonchev–Trinajstić information content (AvgIpc) is 3.24. The molecule has 0 atom stereocenters. The number of hydrogen-bond acceptors (Lipinski definition) is 4. The summed E-state index contributed by atoms with van der Waals surface area (Å²) in [6.45, 7) is 6.36. The second kappa shape index (κ2) is 9.78. The quantitative estimate of drug-likeness (QED) is 0.442. The lowest BCUT2D eigenvalue weighted by molar-refractivity contribution is -0.0164. The molecule has 0 aromatic heterocycles. The second-order valence-electron chi connectivity index (χ2n) is 7.04. The van der Waals surface area contributed by atoms with E-state index in [1.807, 2.05) is 37.4 Å². The number of nitrogens with zero attached hydrogens (tertiary/aromatic N) is 2.